The standard InChI is InChI=1S/C20H26N4/c1-17-4-3-5-19(14-17)18-6-10-23(11-7-18)16-20(15-21-2)24-12-8-22-9-13-24/h3-5,8-9,12,14-15,18H,2,6-7,10-11,13,16H2,1H3/b20-15-. The Morgan fingerprint density at radius 3 is 2.88 bits per heavy atom. The van der Waals surface area contributed by atoms with Crippen LogP contribution in [0.4, 0.5) is 0 Å². The van der Waals surface area contributed by atoms with Gasteiger partial charge in [-0.15, -0.1) is 0 Å². The van der Waals surface area contributed by atoms with Crippen LogP contribution in [-0.4, -0.2) is 48.9 Å². The summed E-state index contributed by atoms with van der Waals surface area (Å²) in [6.07, 6.45) is 10.1. The first-order chi connectivity index (χ1) is 11.8. The number of hydrogen-bond donors (Lipinski definition) is 0. The first kappa shape index (κ1) is 16.7. The van der Waals surface area contributed by atoms with Crippen LogP contribution in [0.5, 0.6) is 0 Å². The van der Waals surface area contributed by atoms with Crippen LogP contribution in [0.3, 0.4) is 0 Å². The average molecular weight is 322 g/mol. The molecule has 0 radical (unpaired) electrons. The van der Waals surface area contributed by atoms with E-state index in [1.165, 1.54) is 29.7 Å². The number of nitrogens with zero attached hydrogens (tertiary/aromatic N) is 4. The maximum Gasteiger partial charge on any atom is 0.0577 e. The molecule has 1 saturated heterocycles. The lowest BCUT2D eigenvalue weighted by Crippen LogP contribution is -2.37. The molecule has 24 heavy (non-hydrogen) atoms. The van der Waals surface area contributed by atoms with Crippen molar-refractivity contribution in [2.75, 3.05) is 26.2 Å². The summed E-state index contributed by atoms with van der Waals surface area (Å²) in [6, 6.07) is 8.97. The van der Waals surface area contributed by atoms with Crippen molar-refractivity contribution in [2.45, 2.75) is 25.7 Å². The van der Waals surface area contributed by atoms with Gasteiger partial charge in [0, 0.05) is 31.4 Å². The van der Waals surface area contributed by atoms with Gasteiger partial charge in [0.15, 0.2) is 0 Å². The molecule has 0 N–H and O–H groups in total. The molecule has 2 heterocycles. The van der Waals surface area contributed by atoms with Crippen LogP contribution in [-0.2, 0) is 0 Å². The summed E-state index contributed by atoms with van der Waals surface area (Å²) in [4.78, 5) is 12.8. The molecule has 0 spiro atoms. The van der Waals surface area contributed by atoms with Gasteiger partial charge in [-0.3, -0.25) is 14.9 Å². The number of aryl methyl sites for hydroxylation is 1. The Hall–Kier alpha value is -2.20. The number of aliphatic imine (C=N–C) groups is 2. The number of rotatable bonds is 5. The summed E-state index contributed by atoms with van der Waals surface area (Å²) >= 11 is 0. The highest BCUT2D eigenvalue weighted by Crippen LogP contribution is 2.29. The quantitative estimate of drug-likeness (QED) is 0.776. The normalized spacial score (nSPS) is 19.7. The molecule has 0 saturated carbocycles. The third-order valence-corrected chi connectivity index (χ3v) is 4.81. The van der Waals surface area contributed by atoms with E-state index in [0.717, 1.165) is 26.2 Å². The number of hydrogen-bond acceptors (Lipinski definition) is 4. The summed E-state index contributed by atoms with van der Waals surface area (Å²) in [5.74, 6) is 0.688. The van der Waals surface area contributed by atoms with Gasteiger partial charge in [-0.1, -0.05) is 29.8 Å². The van der Waals surface area contributed by atoms with Crippen LogP contribution < -0.4 is 0 Å². The first-order valence-electron chi connectivity index (χ1n) is 8.65. The van der Waals surface area contributed by atoms with Gasteiger partial charge in [0.05, 0.1) is 12.2 Å². The SMILES string of the molecule is C=N/C=C(/CN1CCC(c2cccc(C)c2)CC1)N1C=CN=CC1. The molecule has 4 heteroatoms. The second-order valence-electron chi connectivity index (χ2n) is 6.55. The molecule has 0 bridgehead atoms. The maximum absolute atomic E-state index is 4.13. The Bertz CT molecular complexity index is 651. The Balaban J connectivity index is 1.57. The van der Waals surface area contributed by atoms with Crippen molar-refractivity contribution in [2.24, 2.45) is 9.98 Å². The van der Waals surface area contributed by atoms with E-state index in [1.807, 2.05) is 24.8 Å². The van der Waals surface area contributed by atoms with Crippen LogP contribution in [0.25, 0.3) is 0 Å². The van der Waals surface area contributed by atoms with Crippen molar-refractivity contribution in [3.8, 4) is 0 Å². The van der Waals surface area contributed by atoms with E-state index in [4.69, 9.17) is 0 Å². The third-order valence-electron chi connectivity index (χ3n) is 4.81. The molecular formula is C20H26N4. The fourth-order valence-corrected chi connectivity index (χ4v) is 3.48. The van der Waals surface area contributed by atoms with Gasteiger partial charge in [-0.25, -0.2) is 0 Å². The molecule has 2 aliphatic heterocycles. The largest absolute Gasteiger partial charge is 0.342 e. The molecule has 1 aromatic carbocycles. The van der Waals surface area contributed by atoms with E-state index in [9.17, 15) is 0 Å². The Morgan fingerprint density at radius 2 is 2.21 bits per heavy atom. The highest BCUT2D eigenvalue weighted by Gasteiger charge is 2.22. The molecular weight excluding hydrogens is 296 g/mol. The highest BCUT2D eigenvalue weighted by molar-refractivity contribution is 5.62. The zero-order valence-corrected chi connectivity index (χ0v) is 14.4. The molecule has 0 unspecified atom stereocenters. The van der Waals surface area contributed by atoms with E-state index in [1.54, 1.807) is 0 Å². The minimum Gasteiger partial charge on any atom is -0.342 e. The molecule has 2 aliphatic rings. The van der Waals surface area contributed by atoms with Crippen LogP contribution in [0, 0.1) is 6.92 Å². The van der Waals surface area contributed by atoms with E-state index in [0.29, 0.717) is 5.92 Å². The third kappa shape index (κ3) is 4.20. The summed E-state index contributed by atoms with van der Waals surface area (Å²) in [5, 5.41) is 0. The molecule has 1 fully saturated rings. The Kier molecular flexibility index (Phi) is 5.59. The molecule has 1 aromatic rings. The van der Waals surface area contributed by atoms with E-state index in [-0.39, 0.29) is 0 Å². The monoisotopic (exact) mass is 322 g/mol. The van der Waals surface area contributed by atoms with Gasteiger partial charge in [0.1, 0.15) is 0 Å². The van der Waals surface area contributed by atoms with Crippen LogP contribution in [0.15, 0.2) is 58.5 Å². The lowest BCUT2D eigenvalue weighted by Gasteiger charge is -2.34. The van der Waals surface area contributed by atoms with Crippen molar-refractivity contribution in [1.29, 1.82) is 0 Å². The van der Waals surface area contributed by atoms with Crippen LogP contribution in [0.2, 0.25) is 0 Å². The molecule has 0 aliphatic carbocycles. The average Bonchev–Trinajstić information content (AvgIpc) is 2.63. The zero-order chi connectivity index (χ0) is 16.8. The topological polar surface area (TPSA) is 31.2 Å². The highest BCUT2D eigenvalue weighted by atomic mass is 15.2. The minimum atomic E-state index is 0.688. The summed E-state index contributed by atoms with van der Waals surface area (Å²) < 4.78 is 0. The van der Waals surface area contributed by atoms with Gasteiger partial charge in [0.25, 0.3) is 0 Å². The second-order valence-corrected chi connectivity index (χ2v) is 6.55. The Labute approximate surface area is 144 Å². The lowest BCUT2D eigenvalue weighted by atomic mass is 9.88. The molecule has 0 aromatic heterocycles. The maximum atomic E-state index is 4.13. The van der Waals surface area contributed by atoms with Gasteiger partial charge in [-0.05, 0) is 51.1 Å². The summed E-state index contributed by atoms with van der Waals surface area (Å²) in [5.41, 5.74) is 4.03. The van der Waals surface area contributed by atoms with Gasteiger partial charge >= 0.3 is 0 Å². The number of benzene rings is 1. The van der Waals surface area contributed by atoms with E-state index < -0.39 is 0 Å². The minimum absolute atomic E-state index is 0.688. The fraction of sp³-hybridized carbons (Fsp3) is 0.400. The fourth-order valence-electron chi connectivity index (χ4n) is 3.48. The van der Waals surface area contributed by atoms with Crippen molar-refractivity contribution in [3.05, 3.63) is 59.7 Å². The van der Waals surface area contributed by atoms with Crippen molar-refractivity contribution in [3.63, 3.8) is 0 Å². The van der Waals surface area contributed by atoms with Gasteiger partial charge in [-0.2, -0.15) is 0 Å². The first-order valence-corrected chi connectivity index (χ1v) is 8.65. The smallest absolute Gasteiger partial charge is 0.0577 e. The van der Waals surface area contributed by atoms with E-state index in [2.05, 4.69) is 57.7 Å². The van der Waals surface area contributed by atoms with Crippen molar-refractivity contribution >= 4 is 12.9 Å². The molecule has 126 valence electrons. The predicted octanol–water partition coefficient (Wildman–Crippen LogP) is 3.57. The second kappa shape index (κ2) is 8.06. The lowest BCUT2D eigenvalue weighted by molar-refractivity contribution is 0.216. The predicted molar refractivity (Wildman–Crippen MR) is 102 cm³/mol. The summed E-state index contributed by atoms with van der Waals surface area (Å²) in [6.45, 7) is 9.76. The molecule has 4 nitrogen and oxygen atoms in total. The molecule has 0 amide bonds. The molecule has 0 atom stereocenters. The Morgan fingerprint density at radius 1 is 1.38 bits per heavy atom. The molecule has 3 rings (SSSR count). The number of likely N-dealkylation sites (tertiary alicyclic amines) is 1. The van der Waals surface area contributed by atoms with Crippen molar-refractivity contribution in [1.82, 2.24) is 9.80 Å². The van der Waals surface area contributed by atoms with Gasteiger partial charge < -0.3 is 4.90 Å². The van der Waals surface area contributed by atoms with Gasteiger partial charge in [0.2, 0.25) is 0 Å². The van der Waals surface area contributed by atoms with Crippen LogP contribution in [0.1, 0.15) is 29.9 Å². The zero-order valence-electron chi connectivity index (χ0n) is 14.4. The van der Waals surface area contributed by atoms with E-state index >= 15 is 0 Å². The van der Waals surface area contributed by atoms with Crippen LogP contribution >= 0.6 is 0 Å². The van der Waals surface area contributed by atoms with Crippen molar-refractivity contribution < 1.29 is 0 Å². The number of piperidine rings is 1. The summed E-state index contributed by atoms with van der Waals surface area (Å²) in [7, 11) is 0.